The molecule has 1 saturated heterocycles. The minimum Gasteiger partial charge on any atom is -0.315 e. The second-order valence-corrected chi connectivity index (χ2v) is 6.32. The number of hydrogen-bond acceptors (Lipinski definition) is 5. The third-order valence-electron chi connectivity index (χ3n) is 4.40. The molecule has 0 bridgehead atoms. The Hall–Kier alpha value is -2.26. The van der Waals surface area contributed by atoms with Gasteiger partial charge in [-0.15, -0.1) is 0 Å². The van der Waals surface area contributed by atoms with Gasteiger partial charge in [-0.3, -0.25) is 10.2 Å². The Morgan fingerprint density at radius 1 is 1.28 bits per heavy atom. The van der Waals surface area contributed by atoms with E-state index in [1.54, 1.807) is 30.1 Å². The van der Waals surface area contributed by atoms with Crippen LogP contribution in [-0.2, 0) is 0 Å². The van der Waals surface area contributed by atoms with Crippen molar-refractivity contribution in [1.29, 1.82) is 0 Å². The van der Waals surface area contributed by atoms with E-state index in [4.69, 9.17) is 0 Å². The summed E-state index contributed by atoms with van der Waals surface area (Å²) in [6.07, 6.45) is -0.000232. The highest BCUT2D eigenvalue weighted by molar-refractivity contribution is 5.93. The largest absolute Gasteiger partial charge is 0.321 e. The van der Waals surface area contributed by atoms with Crippen LogP contribution in [0.1, 0.15) is 13.3 Å². The first kappa shape index (κ1) is 17.6. The van der Waals surface area contributed by atoms with Crippen LogP contribution < -0.4 is 21.4 Å². The van der Waals surface area contributed by atoms with Gasteiger partial charge in [0.1, 0.15) is 12.1 Å². The first-order valence-electron chi connectivity index (χ1n) is 8.10. The number of rotatable bonds is 3. The molecule has 25 heavy (non-hydrogen) atoms. The first-order chi connectivity index (χ1) is 12.0. The Kier molecular flexibility index (Phi) is 5.14. The number of nitrogens with zero attached hydrogens (tertiary/aromatic N) is 1. The van der Waals surface area contributed by atoms with Gasteiger partial charge in [0, 0.05) is 11.7 Å². The van der Waals surface area contributed by atoms with Gasteiger partial charge in [-0.2, -0.15) is 5.48 Å². The fourth-order valence-corrected chi connectivity index (χ4v) is 3.01. The van der Waals surface area contributed by atoms with Gasteiger partial charge in [-0.1, -0.05) is 12.1 Å². The summed E-state index contributed by atoms with van der Waals surface area (Å²) < 4.78 is 13.4. The van der Waals surface area contributed by atoms with Crippen LogP contribution in [0.2, 0.25) is 0 Å². The number of urea groups is 1. The van der Waals surface area contributed by atoms with Crippen LogP contribution in [-0.4, -0.2) is 41.7 Å². The number of hydrogen-bond donors (Lipinski definition) is 5. The maximum atomic E-state index is 13.4. The van der Waals surface area contributed by atoms with Crippen LogP contribution in [0.4, 0.5) is 14.9 Å². The van der Waals surface area contributed by atoms with Gasteiger partial charge in [-0.05, 0) is 55.4 Å². The average molecular weight is 347 g/mol. The number of hydroxylamine groups is 1. The summed E-state index contributed by atoms with van der Waals surface area (Å²) in [5, 5.41) is 19.6. The molecule has 8 heteroatoms. The third kappa shape index (κ3) is 4.05. The van der Waals surface area contributed by atoms with E-state index in [1.165, 1.54) is 12.1 Å². The molecule has 5 N–H and O–H groups in total. The molecule has 2 amide bonds. The summed E-state index contributed by atoms with van der Waals surface area (Å²) in [5.41, 5.74) is 2.81. The van der Waals surface area contributed by atoms with Crippen LogP contribution in [0.25, 0.3) is 10.8 Å². The molecule has 134 valence electrons. The highest BCUT2D eigenvalue weighted by Crippen LogP contribution is 2.20. The Morgan fingerprint density at radius 3 is 2.80 bits per heavy atom. The molecule has 0 saturated carbocycles. The van der Waals surface area contributed by atoms with Gasteiger partial charge in [-0.25, -0.2) is 9.18 Å². The topological polar surface area (TPSA) is 88.7 Å². The minimum absolute atomic E-state index is 0.120. The van der Waals surface area contributed by atoms with Crippen LogP contribution >= 0.6 is 0 Å². The second-order valence-electron chi connectivity index (χ2n) is 6.32. The van der Waals surface area contributed by atoms with Gasteiger partial charge < -0.3 is 15.8 Å². The molecule has 3 rings (SSSR count). The van der Waals surface area contributed by atoms with E-state index >= 15 is 0 Å². The lowest BCUT2D eigenvalue weighted by Gasteiger charge is -2.42. The normalized spacial score (nSPS) is 24.2. The summed E-state index contributed by atoms with van der Waals surface area (Å²) >= 11 is 0. The summed E-state index contributed by atoms with van der Waals surface area (Å²) in [6.45, 7) is 1.97. The fraction of sp³-hybridized carbons (Fsp3) is 0.353. The lowest BCUT2D eigenvalue weighted by atomic mass is 10.1. The van der Waals surface area contributed by atoms with E-state index in [0.29, 0.717) is 17.5 Å². The average Bonchev–Trinajstić information content (AvgIpc) is 2.57. The van der Waals surface area contributed by atoms with Crippen molar-refractivity contribution in [2.75, 3.05) is 12.4 Å². The van der Waals surface area contributed by atoms with Crippen molar-refractivity contribution in [2.45, 2.75) is 31.8 Å². The maximum Gasteiger partial charge on any atom is 0.321 e. The molecule has 0 aromatic heterocycles. The minimum atomic E-state index is -0.439. The van der Waals surface area contributed by atoms with Crippen molar-refractivity contribution in [3.05, 3.63) is 42.2 Å². The summed E-state index contributed by atoms with van der Waals surface area (Å²) in [6, 6.07) is 9.55. The lowest BCUT2D eigenvalue weighted by molar-refractivity contribution is -0.0267. The van der Waals surface area contributed by atoms with E-state index in [1.807, 2.05) is 13.0 Å². The number of anilines is 1. The number of fused-ring (bicyclic) bond motifs is 1. The predicted octanol–water partition coefficient (Wildman–Crippen LogP) is 2.00. The van der Waals surface area contributed by atoms with Crippen LogP contribution in [0, 0.1) is 5.82 Å². The van der Waals surface area contributed by atoms with E-state index < -0.39 is 12.3 Å². The summed E-state index contributed by atoms with van der Waals surface area (Å²) in [4.78, 5) is 14.1. The van der Waals surface area contributed by atoms with Crippen LogP contribution in [0.5, 0.6) is 0 Å². The number of nitrogens with one attached hydrogen (secondary N) is 4. The van der Waals surface area contributed by atoms with Gasteiger partial charge in [0.2, 0.25) is 0 Å². The number of amides is 2. The van der Waals surface area contributed by atoms with E-state index in [9.17, 15) is 14.4 Å². The molecule has 1 heterocycles. The zero-order valence-electron chi connectivity index (χ0n) is 14.1. The molecule has 1 aliphatic heterocycles. The first-order valence-corrected chi connectivity index (χ1v) is 8.10. The second kappa shape index (κ2) is 7.32. The van der Waals surface area contributed by atoms with E-state index in [2.05, 4.69) is 21.4 Å². The highest BCUT2D eigenvalue weighted by Gasteiger charge is 2.31. The van der Waals surface area contributed by atoms with Gasteiger partial charge in [0.05, 0.1) is 6.17 Å². The number of benzene rings is 2. The number of halogens is 1. The smallest absolute Gasteiger partial charge is 0.315 e. The summed E-state index contributed by atoms with van der Waals surface area (Å²) in [7, 11) is 1.79. The van der Waals surface area contributed by atoms with Crippen molar-refractivity contribution < 1.29 is 14.4 Å². The molecular formula is C17H22FN5O2. The molecule has 2 aromatic rings. The van der Waals surface area contributed by atoms with Crippen molar-refractivity contribution in [3.8, 4) is 0 Å². The molecule has 7 nitrogen and oxygen atoms in total. The molecule has 0 aliphatic carbocycles. The van der Waals surface area contributed by atoms with E-state index in [-0.39, 0.29) is 18.0 Å². The van der Waals surface area contributed by atoms with Gasteiger partial charge in [0.15, 0.2) is 0 Å². The molecule has 2 aromatic carbocycles. The Bertz CT molecular complexity index is 772. The van der Waals surface area contributed by atoms with Crippen LogP contribution in [0.3, 0.4) is 0 Å². The van der Waals surface area contributed by atoms with Crippen molar-refractivity contribution in [3.63, 3.8) is 0 Å². The molecular weight excluding hydrogens is 325 g/mol. The highest BCUT2D eigenvalue weighted by atomic mass is 19.1. The van der Waals surface area contributed by atoms with E-state index in [0.717, 1.165) is 5.39 Å². The predicted molar refractivity (Wildman–Crippen MR) is 93.5 cm³/mol. The SMILES string of the molecule is CC1CC(NO)N(C)C(NC(=O)Nc2ccc3ccc(F)cc3c2)N1. The zero-order chi connectivity index (χ0) is 18.0. The third-order valence-corrected chi connectivity index (χ3v) is 4.40. The summed E-state index contributed by atoms with van der Waals surface area (Å²) in [5.74, 6) is -0.321. The molecule has 3 unspecified atom stereocenters. The fourth-order valence-electron chi connectivity index (χ4n) is 3.01. The molecule has 0 radical (unpaired) electrons. The van der Waals surface area contributed by atoms with Crippen molar-refractivity contribution in [1.82, 2.24) is 21.0 Å². The Morgan fingerprint density at radius 2 is 2.04 bits per heavy atom. The number of carbonyl (C=O) groups is 1. The lowest BCUT2D eigenvalue weighted by Crippen LogP contribution is -2.67. The Balaban J connectivity index is 1.67. The zero-order valence-corrected chi connectivity index (χ0v) is 14.1. The number of carbonyl (C=O) groups excluding carboxylic acids is 1. The molecule has 0 spiro atoms. The van der Waals surface area contributed by atoms with Crippen molar-refractivity contribution >= 4 is 22.5 Å². The molecule has 1 aliphatic rings. The standard InChI is InChI=1S/C17H22FN5O2/c1-10-7-15(22-25)23(2)16(19-10)21-17(24)20-14-6-4-11-3-5-13(18)8-12(11)9-14/h3-6,8-10,15-16,19,22,25H,7H2,1-2H3,(H2,20,21,24). The van der Waals surface area contributed by atoms with Gasteiger partial charge in [0.25, 0.3) is 0 Å². The molecule has 1 fully saturated rings. The quantitative estimate of drug-likeness (QED) is 0.548. The Labute approximate surface area is 145 Å². The van der Waals surface area contributed by atoms with Crippen molar-refractivity contribution in [2.24, 2.45) is 0 Å². The van der Waals surface area contributed by atoms with Crippen LogP contribution in [0.15, 0.2) is 36.4 Å². The van der Waals surface area contributed by atoms with Gasteiger partial charge >= 0.3 is 6.03 Å². The maximum absolute atomic E-state index is 13.4. The molecule has 3 atom stereocenters. The monoisotopic (exact) mass is 347 g/mol.